The molecule has 4 N–H and O–H groups in total. The smallest absolute Gasteiger partial charge is 0.328 e. The zero-order valence-electron chi connectivity index (χ0n) is 23.9. The number of amides is 2. The summed E-state index contributed by atoms with van der Waals surface area (Å²) in [6.45, 7) is 6.52. The number of anilines is 1. The van der Waals surface area contributed by atoms with E-state index in [9.17, 15) is 24.6 Å². The number of phenols is 1. The fraction of sp³-hybridized carbons (Fsp3) is 0.452. The summed E-state index contributed by atoms with van der Waals surface area (Å²) in [5.74, 6) is -1.55. The lowest BCUT2D eigenvalue weighted by Crippen LogP contribution is -2.42. The lowest BCUT2D eigenvalue weighted by molar-refractivity contribution is -0.156. The van der Waals surface area contributed by atoms with E-state index in [1.54, 1.807) is 49.4 Å². The van der Waals surface area contributed by atoms with Gasteiger partial charge >= 0.3 is 5.97 Å². The van der Waals surface area contributed by atoms with E-state index < -0.39 is 36.2 Å². The van der Waals surface area contributed by atoms with Crippen LogP contribution in [0, 0.1) is 5.92 Å². The van der Waals surface area contributed by atoms with Gasteiger partial charge in [0.25, 0.3) is 0 Å². The Morgan fingerprint density at radius 1 is 1.15 bits per heavy atom. The van der Waals surface area contributed by atoms with Gasteiger partial charge in [0.1, 0.15) is 17.9 Å². The van der Waals surface area contributed by atoms with Crippen molar-refractivity contribution in [2.45, 2.75) is 77.7 Å². The maximum atomic E-state index is 12.7. The fourth-order valence-corrected chi connectivity index (χ4v) is 4.31. The maximum Gasteiger partial charge on any atom is 0.328 e. The number of phenolic OH excluding ortho intramolecular Hbond substituents is 1. The van der Waals surface area contributed by atoms with E-state index in [0.29, 0.717) is 24.9 Å². The van der Waals surface area contributed by atoms with Gasteiger partial charge in [-0.15, -0.1) is 0 Å². The Bertz CT molecular complexity index is 1140. The van der Waals surface area contributed by atoms with E-state index in [2.05, 4.69) is 10.6 Å². The van der Waals surface area contributed by atoms with Crippen molar-refractivity contribution in [2.75, 3.05) is 12.4 Å². The van der Waals surface area contributed by atoms with Crippen molar-refractivity contribution >= 4 is 23.5 Å². The summed E-state index contributed by atoms with van der Waals surface area (Å²) in [7, 11) is 1.53. The molecule has 0 aromatic heterocycles. The SMILES string of the molecule is CO[C@H]1\C=C/C=C\C=C/C[C@H](OC(=O)[C@H](C)NC(C)=O)[C@H](C)[C@@H](O)/C(C)=C\CCc2cc(O)cc(c2)NC(=O)C1. The first kappa shape index (κ1) is 32.5. The van der Waals surface area contributed by atoms with E-state index >= 15 is 0 Å². The number of fused-ring (bicyclic) bond motifs is 2. The van der Waals surface area contributed by atoms with Gasteiger partial charge in [0, 0.05) is 38.1 Å². The lowest BCUT2D eigenvalue weighted by atomic mass is 9.90. The molecule has 40 heavy (non-hydrogen) atoms. The summed E-state index contributed by atoms with van der Waals surface area (Å²) in [6, 6.07) is 4.11. The van der Waals surface area contributed by atoms with Crippen LogP contribution in [0.25, 0.3) is 0 Å². The Kier molecular flexibility index (Phi) is 13.4. The Balaban J connectivity index is 2.33. The van der Waals surface area contributed by atoms with Gasteiger partial charge in [-0.1, -0.05) is 49.5 Å². The molecule has 218 valence electrons. The lowest BCUT2D eigenvalue weighted by Gasteiger charge is -2.29. The van der Waals surface area contributed by atoms with E-state index in [1.807, 2.05) is 26.0 Å². The summed E-state index contributed by atoms with van der Waals surface area (Å²) >= 11 is 0. The average Bonchev–Trinajstić information content (AvgIpc) is 2.88. The molecular weight excluding hydrogens is 512 g/mol. The van der Waals surface area contributed by atoms with Crippen LogP contribution in [-0.4, -0.2) is 59.5 Å². The molecule has 1 aliphatic heterocycles. The van der Waals surface area contributed by atoms with E-state index in [-0.39, 0.29) is 24.0 Å². The highest BCUT2D eigenvalue weighted by Gasteiger charge is 2.29. The number of allylic oxidation sites excluding steroid dienone is 5. The van der Waals surface area contributed by atoms with Crippen molar-refractivity contribution in [3.8, 4) is 5.75 Å². The van der Waals surface area contributed by atoms with Gasteiger partial charge in [-0.25, -0.2) is 4.79 Å². The zero-order chi connectivity index (χ0) is 29.7. The van der Waals surface area contributed by atoms with Crippen molar-refractivity contribution in [3.05, 3.63) is 71.9 Å². The van der Waals surface area contributed by atoms with Crippen LogP contribution in [0.5, 0.6) is 5.75 Å². The highest BCUT2D eigenvalue weighted by atomic mass is 16.5. The standard InChI is InChI=1S/C31H42N2O7/c1-20-12-11-13-24-16-25(18-26(35)17-24)33-29(36)19-27(39-5)14-9-7-6-8-10-15-28(21(2)30(20)37)40-31(38)22(3)32-23(4)34/h6-10,12,14,16-18,21-22,27-28,30,35,37H,11,13,15,19H2,1-5H3,(H,32,34)(H,33,36)/b7-6-,10-8-,14-9-,20-12-/t21-,22-,27-,28-,30-/m0/s1. The molecule has 9 heteroatoms. The first-order valence-corrected chi connectivity index (χ1v) is 13.5. The first-order chi connectivity index (χ1) is 19.0. The van der Waals surface area contributed by atoms with Crippen molar-refractivity contribution in [1.82, 2.24) is 5.32 Å². The molecule has 0 saturated heterocycles. The Labute approximate surface area is 236 Å². The van der Waals surface area contributed by atoms with E-state index in [4.69, 9.17) is 9.47 Å². The predicted octanol–water partition coefficient (Wildman–Crippen LogP) is 4.12. The minimum Gasteiger partial charge on any atom is -0.508 e. The van der Waals surface area contributed by atoms with Crippen molar-refractivity contribution in [3.63, 3.8) is 0 Å². The van der Waals surface area contributed by atoms with Crippen LogP contribution < -0.4 is 10.6 Å². The number of aromatic hydroxyl groups is 1. The number of benzene rings is 1. The molecule has 9 nitrogen and oxygen atoms in total. The molecule has 0 fully saturated rings. The molecule has 2 bridgehead atoms. The number of aliphatic hydroxyl groups excluding tert-OH is 1. The minimum absolute atomic E-state index is 0.0412. The normalized spacial score (nSPS) is 27.4. The average molecular weight is 555 g/mol. The minimum atomic E-state index is -0.875. The molecule has 1 aromatic rings. The van der Waals surface area contributed by atoms with Gasteiger partial charge in [0.15, 0.2) is 0 Å². The number of methoxy groups -OCH3 is 1. The Morgan fingerprint density at radius 3 is 2.58 bits per heavy atom. The van der Waals surface area contributed by atoms with Crippen molar-refractivity contribution in [2.24, 2.45) is 5.92 Å². The van der Waals surface area contributed by atoms with Crippen LogP contribution in [0.4, 0.5) is 5.69 Å². The van der Waals surface area contributed by atoms with Crippen LogP contribution in [0.1, 0.15) is 52.5 Å². The Hall–Kier alpha value is -3.69. The quantitative estimate of drug-likeness (QED) is 0.325. The summed E-state index contributed by atoms with van der Waals surface area (Å²) in [5, 5.41) is 26.6. The van der Waals surface area contributed by atoms with E-state index in [0.717, 1.165) is 11.1 Å². The third-order valence-electron chi connectivity index (χ3n) is 6.61. The predicted molar refractivity (Wildman–Crippen MR) is 155 cm³/mol. The van der Waals surface area contributed by atoms with Crippen LogP contribution in [0.15, 0.2) is 66.3 Å². The number of rotatable bonds is 4. The summed E-state index contributed by atoms with van der Waals surface area (Å²) in [5.41, 5.74) is 2.04. The molecule has 0 spiro atoms. The second-order valence-electron chi connectivity index (χ2n) is 10.0. The number of aliphatic hydroxyl groups is 1. The number of carbonyl (C=O) groups excluding carboxylic acids is 3. The monoisotopic (exact) mass is 554 g/mol. The van der Waals surface area contributed by atoms with Gasteiger partial charge in [-0.2, -0.15) is 0 Å². The number of carbonyl (C=O) groups is 3. The third-order valence-corrected chi connectivity index (χ3v) is 6.61. The molecule has 0 saturated carbocycles. The topological polar surface area (TPSA) is 134 Å². The zero-order valence-corrected chi connectivity index (χ0v) is 23.9. The maximum absolute atomic E-state index is 12.7. The highest BCUT2D eigenvalue weighted by Crippen LogP contribution is 2.24. The van der Waals surface area contributed by atoms with Gasteiger partial charge in [0.05, 0.1) is 18.6 Å². The van der Waals surface area contributed by atoms with Gasteiger partial charge < -0.3 is 30.3 Å². The van der Waals surface area contributed by atoms with Crippen LogP contribution in [-0.2, 0) is 30.3 Å². The van der Waals surface area contributed by atoms with Gasteiger partial charge in [0.2, 0.25) is 11.8 Å². The molecule has 2 rings (SSSR count). The summed E-state index contributed by atoms with van der Waals surface area (Å²) in [6.07, 6.45) is 12.3. The summed E-state index contributed by atoms with van der Waals surface area (Å²) in [4.78, 5) is 36.6. The largest absolute Gasteiger partial charge is 0.508 e. The number of aryl methyl sites for hydroxylation is 1. The molecule has 5 atom stereocenters. The number of esters is 1. The molecule has 1 aliphatic rings. The highest BCUT2D eigenvalue weighted by molar-refractivity contribution is 5.91. The van der Waals surface area contributed by atoms with Gasteiger partial charge in [-0.3, -0.25) is 9.59 Å². The fourth-order valence-electron chi connectivity index (χ4n) is 4.31. The number of ether oxygens (including phenoxy) is 2. The van der Waals surface area contributed by atoms with E-state index in [1.165, 1.54) is 20.1 Å². The number of hydrogen-bond acceptors (Lipinski definition) is 7. The number of hydrogen-bond donors (Lipinski definition) is 4. The molecule has 1 aromatic carbocycles. The third kappa shape index (κ3) is 11.2. The first-order valence-electron chi connectivity index (χ1n) is 13.5. The number of nitrogens with one attached hydrogen (secondary N) is 2. The van der Waals surface area contributed by atoms with Crippen LogP contribution in [0.3, 0.4) is 0 Å². The molecule has 1 heterocycles. The van der Waals surface area contributed by atoms with Crippen molar-refractivity contribution < 1.29 is 34.1 Å². The summed E-state index contributed by atoms with van der Waals surface area (Å²) < 4.78 is 11.1. The molecule has 0 radical (unpaired) electrons. The molecule has 2 amide bonds. The second kappa shape index (κ2) is 16.4. The second-order valence-corrected chi connectivity index (χ2v) is 10.0. The Morgan fingerprint density at radius 2 is 1.88 bits per heavy atom. The van der Waals surface area contributed by atoms with Crippen LogP contribution in [0.2, 0.25) is 0 Å². The van der Waals surface area contributed by atoms with Crippen molar-refractivity contribution in [1.29, 1.82) is 0 Å². The molecular formula is C31H42N2O7. The molecule has 0 aliphatic carbocycles. The molecule has 0 unspecified atom stereocenters. The van der Waals surface area contributed by atoms with Crippen LogP contribution >= 0.6 is 0 Å². The van der Waals surface area contributed by atoms with Gasteiger partial charge in [-0.05, 0) is 50.0 Å².